The third-order valence-electron chi connectivity index (χ3n) is 5.00. The summed E-state index contributed by atoms with van der Waals surface area (Å²) >= 11 is 0. The van der Waals surface area contributed by atoms with Gasteiger partial charge in [0.05, 0.1) is 0 Å². The van der Waals surface area contributed by atoms with Gasteiger partial charge in [-0.15, -0.1) is 0 Å². The van der Waals surface area contributed by atoms with E-state index in [-0.39, 0.29) is 6.41 Å². The van der Waals surface area contributed by atoms with Crippen molar-refractivity contribution in [3.8, 4) is 0 Å². The number of rotatable bonds is 13. The molecule has 0 aliphatic heterocycles. The molecule has 0 spiro atoms. The van der Waals surface area contributed by atoms with Gasteiger partial charge < -0.3 is 5.73 Å². The quantitative estimate of drug-likeness (QED) is 0.307. The van der Waals surface area contributed by atoms with Crippen LogP contribution in [0, 0.1) is 11.3 Å². The van der Waals surface area contributed by atoms with Crippen LogP contribution in [0.5, 0.6) is 0 Å². The summed E-state index contributed by atoms with van der Waals surface area (Å²) in [6.45, 7) is 12.0. The van der Waals surface area contributed by atoms with Crippen LogP contribution in [0.1, 0.15) is 112 Å². The van der Waals surface area contributed by atoms with Crippen molar-refractivity contribution in [3.05, 3.63) is 0 Å². The zero-order valence-corrected chi connectivity index (χ0v) is 16.1. The standard InChI is InChI=1S/C19H40.CH3NO/c1-6-8-10-11-12-13-14-16-18(3)19(4,5)17-15-9-7-2;2-1-3/h18H,6-17H2,1-5H3;1H,(H2,2,3). The maximum absolute atomic E-state index is 8.58. The molecule has 22 heavy (non-hydrogen) atoms. The van der Waals surface area contributed by atoms with Crippen LogP contribution in [0.4, 0.5) is 0 Å². The van der Waals surface area contributed by atoms with Gasteiger partial charge in [-0.25, -0.2) is 0 Å². The SMILES string of the molecule is CCCCCCCCCC(C)C(C)(C)CCCCC.NC=O. The number of hydrogen-bond donors (Lipinski definition) is 1. The van der Waals surface area contributed by atoms with Crippen LogP contribution in [0.2, 0.25) is 0 Å². The van der Waals surface area contributed by atoms with Gasteiger partial charge in [-0.1, -0.05) is 105 Å². The summed E-state index contributed by atoms with van der Waals surface area (Å²) in [6.07, 6.45) is 17.4. The van der Waals surface area contributed by atoms with Gasteiger partial charge in [0, 0.05) is 0 Å². The van der Waals surface area contributed by atoms with Gasteiger partial charge in [0.25, 0.3) is 0 Å². The van der Waals surface area contributed by atoms with Gasteiger partial charge in [0.2, 0.25) is 6.41 Å². The minimum atomic E-state index is 0.250. The largest absolute Gasteiger partial charge is 0.372 e. The lowest BCUT2D eigenvalue weighted by molar-refractivity contribution is -0.106. The molecular weight excluding hydrogens is 270 g/mol. The Morgan fingerprint density at radius 3 is 1.77 bits per heavy atom. The van der Waals surface area contributed by atoms with E-state index >= 15 is 0 Å². The molecule has 0 aliphatic carbocycles. The summed E-state index contributed by atoms with van der Waals surface area (Å²) in [4.78, 5) is 8.58. The average molecular weight is 314 g/mol. The summed E-state index contributed by atoms with van der Waals surface area (Å²) in [6, 6.07) is 0. The van der Waals surface area contributed by atoms with Crippen molar-refractivity contribution in [3.63, 3.8) is 0 Å². The fraction of sp³-hybridized carbons (Fsp3) is 0.950. The first-order valence-corrected chi connectivity index (χ1v) is 9.61. The van der Waals surface area contributed by atoms with Crippen molar-refractivity contribution >= 4 is 6.41 Å². The Labute approximate surface area is 140 Å². The van der Waals surface area contributed by atoms with E-state index in [0.717, 1.165) is 5.92 Å². The van der Waals surface area contributed by atoms with Crippen LogP contribution in [0.3, 0.4) is 0 Å². The number of primary amides is 1. The van der Waals surface area contributed by atoms with Crippen LogP contribution in [0.25, 0.3) is 0 Å². The molecule has 0 heterocycles. The van der Waals surface area contributed by atoms with Gasteiger partial charge in [-0.3, -0.25) is 4.79 Å². The second-order valence-electron chi connectivity index (χ2n) is 7.39. The Morgan fingerprint density at radius 1 is 0.864 bits per heavy atom. The molecule has 0 bridgehead atoms. The normalized spacial score (nSPS) is 12.4. The monoisotopic (exact) mass is 313 g/mol. The van der Waals surface area contributed by atoms with Crippen LogP contribution in [0.15, 0.2) is 0 Å². The highest BCUT2D eigenvalue weighted by atomic mass is 16.1. The molecule has 0 aromatic heterocycles. The van der Waals surface area contributed by atoms with Gasteiger partial charge in [-0.05, 0) is 17.8 Å². The molecule has 2 nitrogen and oxygen atoms in total. The lowest BCUT2D eigenvalue weighted by Crippen LogP contribution is -2.21. The number of nitrogens with two attached hydrogens (primary N) is 1. The maximum Gasteiger partial charge on any atom is 0.204 e. The third kappa shape index (κ3) is 15.9. The van der Waals surface area contributed by atoms with Gasteiger partial charge in [0.1, 0.15) is 0 Å². The Morgan fingerprint density at radius 2 is 1.27 bits per heavy atom. The molecule has 0 fully saturated rings. The van der Waals surface area contributed by atoms with Crippen LogP contribution in [-0.2, 0) is 4.79 Å². The molecule has 2 heteroatoms. The van der Waals surface area contributed by atoms with E-state index in [4.69, 9.17) is 4.79 Å². The van der Waals surface area contributed by atoms with Crippen LogP contribution < -0.4 is 5.73 Å². The lowest BCUT2D eigenvalue weighted by Gasteiger charge is -2.32. The van der Waals surface area contributed by atoms with E-state index in [1.165, 1.54) is 77.0 Å². The summed E-state index contributed by atoms with van der Waals surface area (Å²) in [5.74, 6) is 0.889. The number of carbonyl (C=O) groups excluding carboxylic acids is 1. The smallest absolute Gasteiger partial charge is 0.204 e. The predicted octanol–water partition coefficient (Wildman–Crippen LogP) is 6.47. The average Bonchev–Trinajstić information content (AvgIpc) is 2.47. The fourth-order valence-electron chi connectivity index (χ4n) is 2.88. The molecule has 1 amide bonds. The third-order valence-corrected chi connectivity index (χ3v) is 5.00. The molecule has 0 saturated carbocycles. The van der Waals surface area contributed by atoms with E-state index in [1.54, 1.807) is 0 Å². The highest BCUT2D eigenvalue weighted by molar-refractivity contribution is 5.42. The molecule has 0 aliphatic rings. The summed E-state index contributed by atoms with van der Waals surface area (Å²) in [5, 5.41) is 0. The number of hydrogen-bond acceptors (Lipinski definition) is 1. The van der Waals surface area contributed by atoms with Crippen molar-refractivity contribution in [1.29, 1.82) is 0 Å². The molecule has 0 rings (SSSR count). The van der Waals surface area contributed by atoms with Crippen molar-refractivity contribution in [2.75, 3.05) is 0 Å². The van der Waals surface area contributed by atoms with Gasteiger partial charge >= 0.3 is 0 Å². The van der Waals surface area contributed by atoms with Crippen molar-refractivity contribution in [2.24, 2.45) is 17.1 Å². The fourth-order valence-corrected chi connectivity index (χ4v) is 2.88. The maximum atomic E-state index is 8.58. The van der Waals surface area contributed by atoms with E-state index in [2.05, 4.69) is 40.4 Å². The number of carbonyl (C=O) groups is 1. The summed E-state index contributed by atoms with van der Waals surface area (Å²) < 4.78 is 0. The minimum absolute atomic E-state index is 0.250. The second-order valence-corrected chi connectivity index (χ2v) is 7.39. The van der Waals surface area contributed by atoms with Crippen molar-refractivity contribution in [1.82, 2.24) is 0 Å². The molecule has 1 atom stereocenters. The Hall–Kier alpha value is -0.530. The van der Waals surface area contributed by atoms with Crippen LogP contribution >= 0.6 is 0 Å². The van der Waals surface area contributed by atoms with Gasteiger partial charge in [0.15, 0.2) is 0 Å². The highest BCUT2D eigenvalue weighted by Crippen LogP contribution is 2.35. The van der Waals surface area contributed by atoms with Crippen LogP contribution in [-0.4, -0.2) is 6.41 Å². The first-order valence-electron chi connectivity index (χ1n) is 9.61. The first-order chi connectivity index (χ1) is 10.5. The van der Waals surface area contributed by atoms with E-state index in [9.17, 15) is 0 Å². The minimum Gasteiger partial charge on any atom is -0.372 e. The molecule has 1 unspecified atom stereocenters. The lowest BCUT2D eigenvalue weighted by atomic mass is 9.74. The highest BCUT2D eigenvalue weighted by Gasteiger charge is 2.24. The Bertz CT molecular complexity index is 226. The van der Waals surface area contributed by atoms with E-state index in [1.807, 2.05) is 0 Å². The molecule has 0 aromatic rings. The number of unbranched alkanes of at least 4 members (excludes halogenated alkanes) is 8. The number of amides is 1. The zero-order chi connectivity index (χ0) is 17.3. The van der Waals surface area contributed by atoms with E-state index in [0.29, 0.717) is 5.41 Å². The molecule has 2 N–H and O–H groups in total. The van der Waals surface area contributed by atoms with E-state index < -0.39 is 0 Å². The van der Waals surface area contributed by atoms with Crippen molar-refractivity contribution < 1.29 is 4.79 Å². The molecule has 0 aromatic carbocycles. The Balaban J connectivity index is 0. The van der Waals surface area contributed by atoms with Crippen molar-refractivity contribution in [2.45, 2.75) is 112 Å². The Kier molecular flexibility index (Phi) is 18.2. The zero-order valence-electron chi connectivity index (χ0n) is 16.1. The van der Waals surface area contributed by atoms with Gasteiger partial charge in [-0.2, -0.15) is 0 Å². The molecule has 134 valence electrons. The predicted molar refractivity (Wildman–Crippen MR) is 99.9 cm³/mol. The summed E-state index contributed by atoms with van der Waals surface area (Å²) in [7, 11) is 0. The summed E-state index contributed by atoms with van der Waals surface area (Å²) in [5.41, 5.74) is 4.72. The molecule has 0 radical (unpaired) electrons. The molecular formula is C20H43NO. The second kappa shape index (κ2) is 16.8. The first kappa shape index (κ1) is 23.7. The molecule has 0 saturated heterocycles. The topological polar surface area (TPSA) is 43.1 Å².